The predicted octanol–water partition coefficient (Wildman–Crippen LogP) is 2.32. The molecule has 4 heterocycles. The molecule has 1 aliphatic carbocycles. The lowest BCUT2D eigenvalue weighted by molar-refractivity contribution is 0.122. The molecule has 0 bridgehead atoms. The average molecular weight is 425 g/mol. The minimum absolute atomic E-state index is 0.0129. The van der Waals surface area contributed by atoms with Crippen molar-refractivity contribution in [3.8, 4) is 0 Å². The Hall–Kier alpha value is -2.98. The maximum absolute atomic E-state index is 9.19. The first-order chi connectivity index (χ1) is 15.3. The molecule has 3 aromatic heterocycles. The molecular weight excluding hydrogens is 396 g/mol. The van der Waals surface area contributed by atoms with E-state index in [2.05, 4.69) is 40.0 Å². The summed E-state index contributed by atoms with van der Waals surface area (Å²) >= 11 is 0. The number of hydrogen-bond acceptors (Lipinski definition) is 9. The molecule has 10 heteroatoms. The Labute approximate surface area is 180 Å². The molecular formula is C21H28N8O2. The zero-order valence-electron chi connectivity index (χ0n) is 17.5. The number of imidazole rings is 1. The van der Waals surface area contributed by atoms with Crippen LogP contribution in [0.15, 0.2) is 24.7 Å². The summed E-state index contributed by atoms with van der Waals surface area (Å²) in [7, 11) is 0. The van der Waals surface area contributed by atoms with Gasteiger partial charge in [-0.3, -0.25) is 0 Å². The van der Waals surface area contributed by atoms with Gasteiger partial charge >= 0.3 is 0 Å². The van der Waals surface area contributed by atoms with Crippen LogP contribution in [0.4, 0.5) is 23.3 Å². The highest BCUT2D eigenvalue weighted by molar-refractivity contribution is 5.86. The molecule has 1 saturated heterocycles. The van der Waals surface area contributed by atoms with Gasteiger partial charge < -0.3 is 29.9 Å². The van der Waals surface area contributed by atoms with Gasteiger partial charge in [0.2, 0.25) is 5.95 Å². The standard InChI is InChI=1S/C21H28N8O2/c30-10-7-22-21-26-19(18-20(27-21)29(14-24-18)16-3-1-2-4-16)25-15-5-6-17(23-13-15)28-8-11-31-12-9-28/h5-6,13-14,16,30H,1-4,7-12H2,(H2,22,25,26,27). The third-order valence-electron chi connectivity index (χ3n) is 5.88. The SMILES string of the molecule is OCCNc1nc(Nc2ccc(N3CCOCC3)nc2)c2ncn(C3CCCC3)c2n1. The number of morpholine rings is 1. The molecule has 0 atom stereocenters. The van der Waals surface area contributed by atoms with E-state index < -0.39 is 0 Å². The van der Waals surface area contributed by atoms with Crippen LogP contribution in [0.3, 0.4) is 0 Å². The first kappa shape index (κ1) is 20.0. The van der Waals surface area contributed by atoms with E-state index in [1.165, 1.54) is 12.8 Å². The topological polar surface area (TPSA) is 113 Å². The molecule has 0 spiro atoms. The van der Waals surface area contributed by atoms with Crippen LogP contribution < -0.4 is 15.5 Å². The summed E-state index contributed by atoms with van der Waals surface area (Å²) in [6.07, 6.45) is 8.44. The highest BCUT2D eigenvalue weighted by Crippen LogP contribution is 2.33. The van der Waals surface area contributed by atoms with Gasteiger partial charge in [0.25, 0.3) is 0 Å². The van der Waals surface area contributed by atoms with E-state index in [1.807, 2.05) is 24.7 Å². The van der Waals surface area contributed by atoms with E-state index in [0.717, 1.165) is 61.8 Å². The second kappa shape index (κ2) is 9.03. The van der Waals surface area contributed by atoms with E-state index >= 15 is 0 Å². The summed E-state index contributed by atoms with van der Waals surface area (Å²) < 4.78 is 7.58. The van der Waals surface area contributed by atoms with Gasteiger partial charge in [-0.25, -0.2) is 9.97 Å². The second-order valence-electron chi connectivity index (χ2n) is 7.94. The molecule has 0 aromatic carbocycles. The van der Waals surface area contributed by atoms with Gasteiger partial charge in [0, 0.05) is 25.7 Å². The normalized spacial score (nSPS) is 17.4. The molecule has 5 rings (SSSR count). The monoisotopic (exact) mass is 424 g/mol. The molecule has 1 aliphatic heterocycles. The van der Waals surface area contributed by atoms with Crippen molar-refractivity contribution in [3.63, 3.8) is 0 Å². The van der Waals surface area contributed by atoms with Crippen molar-refractivity contribution in [3.05, 3.63) is 24.7 Å². The minimum atomic E-state index is 0.0129. The molecule has 1 saturated carbocycles. The third-order valence-corrected chi connectivity index (χ3v) is 5.88. The summed E-state index contributed by atoms with van der Waals surface area (Å²) in [5, 5.41) is 15.6. The number of fused-ring (bicyclic) bond motifs is 1. The van der Waals surface area contributed by atoms with Crippen molar-refractivity contribution < 1.29 is 9.84 Å². The average Bonchev–Trinajstić information content (AvgIpc) is 3.49. The maximum atomic E-state index is 9.19. The molecule has 3 aromatic rings. The lowest BCUT2D eigenvalue weighted by Crippen LogP contribution is -2.36. The zero-order valence-corrected chi connectivity index (χ0v) is 17.5. The van der Waals surface area contributed by atoms with Gasteiger partial charge in [0.05, 0.1) is 38.0 Å². The molecule has 0 amide bonds. The predicted molar refractivity (Wildman–Crippen MR) is 119 cm³/mol. The van der Waals surface area contributed by atoms with Crippen molar-refractivity contribution in [1.29, 1.82) is 0 Å². The number of hydrogen-bond donors (Lipinski definition) is 3. The van der Waals surface area contributed by atoms with Gasteiger partial charge in [-0.2, -0.15) is 9.97 Å². The molecule has 31 heavy (non-hydrogen) atoms. The molecule has 0 radical (unpaired) electrons. The van der Waals surface area contributed by atoms with Crippen LogP contribution in [0.25, 0.3) is 11.2 Å². The summed E-state index contributed by atoms with van der Waals surface area (Å²) in [4.78, 5) is 20.8. The Morgan fingerprint density at radius 3 is 2.68 bits per heavy atom. The summed E-state index contributed by atoms with van der Waals surface area (Å²) in [6, 6.07) is 4.43. The van der Waals surface area contributed by atoms with E-state index in [0.29, 0.717) is 24.4 Å². The highest BCUT2D eigenvalue weighted by Gasteiger charge is 2.22. The Kier molecular flexibility index (Phi) is 5.81. The van der Waals surface area contributed by atoms with Crippen molar-refractivity contribution in [2.24, 2.45) is 0 Å². The van der Waals surface area contributed by atoms with Gasteiger partial charge in [-0.1, -0.05) is 12.8 Å². The molecule has 0 unspecified atom stereocenters. The molecule has 10 nitrogen and oxygen atoms in total. The van der Waals surface area contributed by atoms with Gasteiger partial charge in [-0.15, -0.1) is 0 Å². The fraction of sp³-hybridized carbons (Fsp3) is 0.524. The van der Waals surface area contributed by atoms with E-state index in [9.17, 15) is 5.11 Å². The Morgan fingerprint density at radius 1 is 1.10 bits per heavy atom. The lowest BCUT2D eigenvalue weighted by Gasteiger charge is -2.27. The minimum Gasteiger partial charge on any atom is -0.395 e. The van der Waals surface area contributed by atoms with Crippen molar-refractivity contribution in [2.75, 3.05) is 55.0 Å². The number of aromatic nitrogens is 5. The van der Waals surface area contributed by atoms with Crippen LogP contribution in [-0.2, 0) is 4.74 Å². The fourth-order valence-electron chi connectivity index (χ4n) is 4.28. The number of rotatable bonds is 7. The molecule has 164 valence electrons. The first-order valence-corrected chi connectivity index (χ1v) is 11.0. The van der Waals surface area contributed by atoms with E-state index in [4.69, 9.17) is 4.74 Å². The van der Waals surface area contributed by atoms with Gasteiger partial charge in [0.1, 0.15) is 5.82 Å². The summed E-state index contributed by atoms with van der Waals surface area (Å²) in [5.74, 6) is 2.04. The largest absolute Gasteiger partial charge is 0.395 e. The van der Waals surface area contributed by atoms with Crippen molar-refractivity contribution >= 4 is 34.4 Å². The van der Waals surface area contributed by atoms with Crippen LogP contribution >= 0.6 is 0 Å². The van der Waals surface area contributed by atoms with Crippen molar-refractivity contribution in [1.82, 2.24) is 24.5 Å². The number of anilines is 4. The number of aliphatic hydroxyl groups excluding tert-OH is 1. The number of nitrogens with zero attached hydrogens (tertiary/aromatic N) is 6. The fourth-order valence-corrected chi connectivity index (χ4v) is 4.28. The van der Waals surface area contributed by atoms with Crippen LogP contribution in [0, 0.1) is 0 Å². The second-order valence-corrected chi connectivity index (χ2v) is 7.94. The number of nitrogens with one attached hydrogen (secondary N) is 2. The Morgan fingerprint density at radius 2 is 1.94 bits per heavy atom. The van der Waals surface area contributed by atoms with Gasteiger partial charge in [0.15, 0.2) is 17.0 Å². The van der Waals surface area contributed by atoms with Crippen LogP contribution in [0.2, 0.25) is 0 Å². The van der Waals surface area contributed by atoms with E-state index in [1.54, 1.807) is 0 Å². The zero-order chi connectivity index (χ0) is 21.0. The Balaban J connectivity index is 1.43. The van der Waals surface area contributed by atoms with Gasteiger partial charge in [-0.05, 0) is 25.0 Å². The number of ether oxygens (including phenoxy) is 1. The highest BCUT2D eigenvalue weighted by atomic mass is 16.5. The lowest BCUT2D eigenvalue weighted by atomic mass is 10.2. The third kappa shape index (κ3) is 4.26. The maximum Gasteiger partial charge on any atom is 0.226 e. The van der Waals surface area contributed by atoms with E-state index in [-0.39, 0.29) is 6.61 Å². The molecule has 2 aliphatic rings. The number of aliphatic hydroxyl groups is 1. The number of pyridine rings is 1. The van der Waals surface area contributed by atoms with Crippen LogP contribution in [-0.4, -0.2) is 69.1 Å². The van der Waals surface area contributed by atoms with Crippen LogP contribution in [0.1, 0.15) is 31.7 Å². The summed E-state index contributed by atoms with van der Waals surface area (Å²) in [5.41, 5.74) is 2.38. The van der Waals surface area contributed by atoms with Crippen LogP contribution in [0.5, 0.6) is 0 Å². The first-order valence-electron chi connectivity index (χ1n) is 11.0. The van der Waals surface area contributed by atoms with Crippen molar-refractivity contribution in [2.45, 2.75) is 31.7 Å². The quantitative estimate of drug-likeness (QED) is 0.526. The Bertz CT molecular complexity index is 1010. The smallest absolute Gasteiger partial charge is 0.226 e. The molecule has 3 N–H and O–H groups in total. The molecule has 2 fully saturated rings. The summed E-state index contributed by atoms with van der Waals surface area (Å²) in [6.45, 7) is 3.56.